The number of hydrogen-bond donors (Lipinski definition) is 0. The van der Waals surface area contributed by atoms with Gasteiger partial charge < -0.3 is 0 Å². The molecule has 0 aliphatic carbocycles. The second-order valence-electron chi connectivity index (χ2n) is 4.15. The molecule has 92 valence electrons. The summed E-state index contributed by atoms with van der Waals surface area (Å²) in [5.41, 5.74) is 5.11. The summed E-state index contributed by atoms with van der Waals surface area (Å²) in [6.45, 7) is 2.15. The van der Waals surface area contributed by atoms with Crippen molar-refractivity contribution in [3.05, 3.63) is 71.6 Å². The molecule has 1 aromatic carbocycles. The zero-order valence-electron chi connectivity index (χ0n) is 10.4. The highest BCUT2D eigenvalue weighted by atomic mass is 79.9. The molecule has 1 aromatic heterocycles. The molecule has 2 rings (SSSR count). The van der Waals surface area contributed by atoms with Gasteiger partial charge in [-0.25, -0.2) is 0 Å². The third-order valence-electron chi connectivity index (χ3n) is 2.88. The standard InChI is InChI=1S/C16H16BrN/c1-13-5-2-3-6-15(13)16(7-4-10-17)14-8-11-18-12-9-14/h2-3,5-9,11-12H,4,10H2,1H3. The normalized spacial score (nSPS) is 11.6. The van der Waals surface area contributed by atoms with E-state index in [4.69, 9.17) is 0 Å². The van der Waals surface area contributed by atoms with Crippen LogP contribution in [0.2, 0.25) is 0 Å². The van der Waals surface area contributed by atoms with E-state index in [1.807, 2.05) is 12.4 Å². The Hall–Kier alpha value is -1.41. The van der Waals surface area contributed by atoms with Crippen LogP contribution >= 0.6 is 15.9 Å². The van der Waals surface area contributed by atoms with Gasteiger partial charge in [0.05, 0.1) is 0 Å². The van der Waals surface area contributed by atoms with Crippen LogP contribution in [-0.4, -0.2) is 10.3 Å². The highest BCUT2D eigenvalue weighted by Gasteiger charge is 2.06. The number of hydrogen-bond acceptors (Lipinski definition) is 1. The van der Waals surface area contributed by atoms with E-state index < -0.39 is 0 Å². The topological polar surface area (TPSA) is 12.9 Å². The molecular formula is C16H16BrN. The van der Waals surface area contributed by atoms with E-state index in [1.54, 1.807) is 0 Å². The zero-order chi connectivity index (χ0) is 12.8. The molecule has 18 heavy (non-hydrogen) atoms. The lowest BCUT2D eigenvalue weighted by atomic mass is 9.94. The number of aryl methyl sites for hydroxylation is 1. The van der Waals surface area contributed by atoms with Crippen molar-refractivity contribution in [2.24, 2.45) is 0 Å². The Morgan fingerprint density at radius 1 is 1.17 bits per heavy atom. The van der Waals surface area contributed by atoms with Gasteiger partial charge in [0, 0.05) is 17.7 Å². The maximum atomic E-state index is 4.09. The molecule has 0 atom stereocenters. The lowest BCUT2D eigenvalue weighted by Crippen LogP contribution is -1.92. The minimum absolute atomic E-state index is 0.980. The van der Waals surface area contributed by atoms with Gasteiger partial charge >= 0.3 is 0 Å². The molecule has 0 amide bonds. The molecular weight excluding hydrogens is 286 g/mol. The molecule has 0 radical (unpaired) electrons. The van der Waals surface area contributed by atoms with Crippen LogP contribution in [0.3, 0.4) is 0 Å². The van der Waals surface area contributed by atoms with E-state index in [-0.39, 0.29) is 0 Å². The lowest BCUT2D eigenvalue weighted by Gasteiger charge is -2.11. The minimum atomic E-state index is 0.980. The first-order chi connectivity index (χ1) is 8.83. The second-order valence-corrected chi connectivity index (χ2v) is 4.94. The third kappa shape index (κ3) is 3.08. The van der Waals surface area contributed by atoms with Crippen LogP contribution in [-0.2, 0) is 0 Å². The minimum Gasteiger partial charge on any atom is -0.265 e. The first-order valence-electron chi connectivity index (χ1n) is 6.05. The number of rotatable bonds is 4. The Bertz CT molecular complexity index is 532. The van der Waals surface area contributed by atoms with Crippen molar-refractivity contribution in [3.63, 3.8) is 0 Å². The highest BCUT2D eigenvalue weighted by Crippen LogP contribution is 2.26. The molecule has 0 saturated carbocycles. The van der Waals surface area contributed by atoms with Crippen molar-refractivity contribution in [2.75, 3.05) is 5.33 Å². The van der Waals surface area contributed by atoms with Crippen molar-refractivity contribution < 1.29 is 0 Å². The summed E-state index contributed by atoms with van der Waals surface area (Å²) in [5.74, 6) is 0. The van der Waals surface area contributed by atoms with E-state index in [9.17, 15) is 0 Å². The van der Waals surface area contributed by atoms with Crippen molar-refractivity contribution >= 4 is 21.5 Å². The monoisotopic (exact) mass is 301 g/mol. The van der Waals surface area contributed by atoms with E-state index in [0.29, 0.717) is 0 Å². The summed E-state index contributed by atoms with van der Waals surface area (Å²) < 4.78 is 0. The zero-order valence-corrected chi connectivity index (χ0v) is 12.0. The molecule has 1 heterocycles. The summed E-state index contributed by atoms with van der Waals surface area (Å²) in [5, 5.41) is 0.980. The van der Waals surface area contributed by atoms with Gasteiger partial charge in [-0.2, -0.15) is 0 Å². The van der Waals surface area contributed by atoms with Gasteiger partial charge in [0.25, 0.3) is 0 Å². The number of aromatic nitrogens is 1. The molecule has 0 fully saturated rings. The Morgan fingerprint density at radius 2 is 1.89 bits per heavy atom. The van der Waals surface area contributed by atoms with Gasteiger partial charge in [-0.1, -0.05) is 46.3 Å². The van der Waals surface area contributed by atoms with E-state index in [1.165, 1.54) is 22.3 Å². The summed E-state index contributed by atoms with van der Waals surface area (Å²) in [7, 11) is 0. The molecule has 0 bridgehead atoms. The Labute approximate surface area is 117 Å². The highest BCUT2D eigenvalue weighted by molar-refractivity contribution is 9.09. The van der Waals surface area contributed by atoms with Crippen LogP contribution in [0.4, 0.5) is 0 Å². The molecule has 1 nitrogen and oxygen atoms in total. The Balaban J connectivity index is 2.48. The fraction of sp³-hybridized carbons (Fsp3) is 0.188. The maximum absolute atomic E-state index is 4.09. The predicted molar refractivity (Wildman–Crippen MR) is 80.9 cm³/mol. The average Bonchev–Trinajstić information content (AvgIpc) is 2.42. The van der Waals surface area contributed by atoms with Gasteiger partial charge in [0.1, 0.15) is 0 Å². The van der Waals surface area contributed by atoms with E-state index in [0.717, 1.165) is 11.8 Å². The first-order valence-corrected chi connectivity index (χ1v) is 7.17. The van der Waals surface area contributed by atoms with E-state index in [2.05, 4.69) is 70.3 Å². The van der Waals surface area contributed by atoms with Crippen molar-refractivity contribution in [1.29, 1.82) is 0 Å². The van der Waals surface area contributed by atoms with Gasteiger partial charge in [0.2, 0.25) is 0 Å². The quantitative estimate of drug-likeness (QED) is 0.752. The molecule has 2 aromatic rings. The number of pyridine rings is 1. The molecule has 0 aliphatic rings. The molecule has 0 unspecified atom stereocenters. The number of alkyl halides is 1. The fourth-order valence-corrected chi connectivity index (χ4v) is 2.22. The van der Waals surface area contributed by atoms with Crippen LogP contribution in [0.5, 0.6) is 0 Å². The van der Waals surface area contributed by atoms with Crippen molar-refractivity contribution in [2.45, 2.75) is 13.3 Å². The van der Waals surface area contributed by atoms with Gasteiger partial charge in [-0.15, -0.1) is 0 Å². The summed E-state index contributed by atoms with van der Waals surface area (Å²) in [4.78, 5) is 4.09. The van der Waals surface area contributed by atoms with Crippen LogP contribution < -0.4 is 0 Å². The predicted octanol–water partition coefficient (Wildman–Crippen LogP) is 4.61. The molecule has 0 N–H and O–H groups in total. The largest absolute Gasteiger partial charge is 0.265 e. The smallest absolute Gasteiger partial charge is 0.0273 e. The first kappa shape index (κ1) is 13.0. The molecule has 2 heteroatoms. The summed E-state index contributed by atoms with van der Waals surface area (Å²) >= 11 is 3.48. The maximum Gasteiger partial charge on any atom is 0.0273 e. The average molecular weight is 302 g/mol. The fourth-order valence-electron chi connectivity index (χ4n) is 1.99. The van der Waals surface area contributed by atoms with Crippen molar-refractivity contribution in [1.82, 2.24) is 4.98 Å². The molecule has 0 saturated heterocycles. The summed E-state index contributed by atoms with van der Waals surface area (Å²) in [6.07, 6.45) is 6.99. The van der Waals surface area contributed by atoms with Crippen molar-refractivity contribution in [3.8, 4) is 0 Å². The Kier molecular flexibility index (Phi) is 4.71. The lowest BCUT2D eigenvalue weighted by molar-refractivity contribution is 1.25. The van der Waals surface area contributed by atoms with E-state index >= 15 is 0 Å². The number of allylic oxidation sites excluding steroid dienone is 1. The van der Waals surface area contributed by atoms with Crippen LogP contribution in [0, 0.1) is 6.92 Å². The number of benzene rings is 1. The van der Waals surface area contributed by atoms with Crippen LogP contribution in [0.25, 0.3) is 5.57 Å². The number of nitrogens with zero attached hydrogens (tertiary/aromatic N) is 1. The molecule has 0 spiro atoms. The molecule has 0 aliphatic heterocycles. The van der Waals surface area contributed by atoms with Gasteiger partial charge in [-0.3, -0.25) is 4.98 Å². The van der Waals surface area contributed by atoms with Gasteiger partial charge in [0.15, 0.2) is 0 Å². The van der Waals surface area contributed by atoms with Gasteiger partial charge in [-0.05, 0) is 47.7 Å². The third-order valence-corrected chi connectivity index (χ3v) is 3.34. The SMILES string of the molecule is Cc1ccccc1C(=CCCBr)c1ccncc1. The number of halogens is 1. The Morgan fingerprint density at radius 3 is 2.56 bits per heavy atom. The van der Waals surface area contributed by atoms with Crippen LogP contribution in [0.1, 0.15) is 23.1 Å². The second kappa shape index (κ2) is 6.50. The van der Waals surface area contributed by atoms with Crippen LogP contribution in [0.15, 0.2) is 54.9 Å². The summed E-state index contributed by atoms with van der Waals surface area (Å²) in [6, 6.07) is 12.6.